The van der Waals surface area contributed by atoms with Gasteiger partial charge in [-0.1, -0.05) is 30.3 Å². The Morgan fingerprint density at radius 1 is 1.26 bits per heavy atom. The Hall–Kier alpha value is -2.38. The number of rotatable bonds is 10. The summed E-state index contributed by atoms with van der Waals surface area (Å²) in [7, 11) is 0. The molecule has 2 heterocycles. The van der Waals surface area contributed by atoms with Gasteiger partial charge in [0.05, 0.1) is 25.5 Å². The zero-order chi connectivity index (χ0) is 18.7. The van der Waals surface area contributed by atoms with Gasteiger partial charge in [0, 0.05) is 38.1 Å². The number of carbonyl (C=O) groups is 1. The molecule has 0 saturated carbocycles. The van der Waals surface area contributed by atoms with E-state index in [1.165, 1.54) is 5.56 Å². The Morgan fingerprint density at radius 2 is 2.15 bits per heavy atom. The molecular formula is C20H28N4O3. The smallest absolute Gasteiger partial charge is 0.315 e. The van der Waals surface area contributed by atoms with Crippen LogP contribution in [-0.2, 0) is 22.6 Å². The highest BCUT2D eigenvalue weighted by molar-refractivity contribution is 5.73. The zero-order valence-corrected chi connectivity index (χ0v) is 15.6. The second kappa shape index (κ2) is 10.7. The Kier molecular flexibility index (Phi) is 7.68. The summed E-state index contributed by atoms with van der Waals surface area (Å²) >= 11 is 0. The van der Waals surface area contributed by atoms with Gasteiger partial charge in [-0.25, -0.2) is 4.79 Å². The van der Waals surface area contributed by atoms with Crippen molar-refractivity contribution in [3.05, 3.63) is 53.9 Å². The minimum atomic E-state index is -0.176. The summed E-state index contributed by atoms with van der Waals surface area (Å²) in [6.07, 6.45) is 6.98. The maximum absolute atomic E-state index is 11.8. The second-order valence-corrected chi connectivity index (χ2v) is 6.70. The number of hydrogen-bond acceptors (Lipinski definition) is 4. The summed E-state index contributed by atoms with van der Waals surface area (Å²) in [5.41, 5.74) is 2.17. The van der Waals surface area contributed by atoms with Gasteiger partial charge in [0.25, 0.3) is 0 Å². The largest absolute Gasteiger partial charge is 0.379 e. The number of ether oxygens (including phenoxy) is 2. The van der Waals surface area contributed by atoms with E-state index in [0.717, 1.165) is 38.0 Å². The quantitative estimate of drug-likeness (QED) is 0.628. The van der Waals surface area contributed by atoms with Crippen LogP contribution in [0.2, 0.25) is 0 Å². The Morgan fingerprint density at radius 3 is 2.96 bits per heavy atom. The molecule has 2 amide bonds. The van der Waals surface area contributed by atoms with Crippen LogP contribution in [0.1, 0.15) is 30.4 Å². The highest BCUT2D eigenvalue weighted by Gasteiger charge is 2.14. The lowest BCUT2D eigenvalue weighted by atomic mass is 10.2. The van der Waals surface area contributed by atoms with Gasteiger partial charge in [-0.2, -0.15) is 5.10 Å². The zero-order valence-electron chi connectivity index (χ0n) is 15.6. The summed E-state index contributed by atoms with van der Waals surface area (Å²) < 4.78 is 12.9. The van der Waals surface area contributed by atoms with Crippen molar-refractivity contribution in [3.63, 3.8) is 0 Å². The fraction of sp³-hybridized carbons (Fsp3) is 0.500. The number of benzene rings is 1. The average molecular weight is 372 g/mol. The molecule has 3 rings (SSSR count). The molecule has 1 unspecified atom stereocenters. The SMILES string of the molecule is O=C(NCCCOCC1CCCO1)NCc1cnn(Cc2ccccc2)c1. The molecule has 0 aliphatic carbocycles. The molecule has 0 bridgehead atoms. The number of carbonyl (C=O) groups excluding carboxylic acids is 1. The third-order valence-corrected chi connectivity index (χ3v) is 4.41. The van der Waals surface area contributed by atoms with Crippen LogP contribution in [0.4, 0.5) is 4.79 Å². The molecule has 7 heteroatoms. The fourth-order valence-electron chi connectivity index (χ4n) is 2.97. The van der Waals surface area contributed by atoms with Crippen LogP contribution >= 0.6 is 0 Å². The van der Waals surface area contributed by atoms with Crippen molar-refractivity contribution in [2.75, 3.05) is 26.4 Å². The van der Waals surface area contributed by atoms with Crippen molar-refractivity contribution >= 4 is 6.03 Å². The summed E-state index contributed by atoms with van der Waals surface area (Å²) in [6.45, 7) is 3.90. The molecular weight excluding hydrogens is 344 g/mol. The molecule has 0 radical (unpaired) electrons. The average Bonchev–Trinajstić information content (AvgIpc) is 3.36. The van der Waals surface area contributed by atoms with Gasteiger partial charge in [-0.15, -0.1) is 0 Å². The van der Waals surface area contributed by atoms with Gasteiger partial charge in [0.15, 0.2) is 0 Å². The molecule has 1 aromatic heterocycles. The Labute approximate surface area is 160 Å². The lowest BCUT2D eigenvalue weighted by molar-refractivity contribution is 0.0168. The standard InChI is InChI=1S/C20H28N4O3/c25-20(21-9-5-10-26-16-19-8-4-11-27-19)22-12-18-13-23-24(15-18)14-17-6-2-1-3-7-17/h1-3,6-7,13,15,19H,4-5,8-12,14,16H2,(H2,21,22,25). The Balaban J connectivity index is 1.24. The van der Waals surface area contributed by atoms with Gasteiger partial charge >= 0.3 is 6.03 Å². The number of amides is 2. The maximum atomic E-state index is 11.8. The molecule has 1 aliphatic rings. The van der Waals surface area contributed by atoms with Crippen LogP contribution in [0.3, 0.4) is 0 Å². The third-order valence-electron chi connectivity index (χ3n) is 4.41. The van der Waals surface area contributed by atoms with E-state index in [0.29, 0.717) is 26.3 Å². The number of hydrogen-bond donors (Lipinski definition) is 2. The van der Waals surface area contributed by atoms with Crippen LogP contribution in [-0.4, -0.2) is 48.3 Å². The van der Waals surface area contributed by atoms with Crippen molar-refractivity contribution < 1.29 is 14.3 Å². The lowest BCUT2D eigenvalue weighted by Gasteiger charge is -2.10. The summed E-state index contributed by atoms with van der Waals surface area (Å²) in [5, 5.41) is 10.0. The van der Waals surface area contributed by atoms with Crippen molar-refractivity contribution in [2.45, 2.75) is 38.5 Å². The van der Waals surface area contributed by atoms with Gasteiger partial charge < -0.3 is 20.1 Å². The molecule has 2 N–H and O–H groups in total. The van der Waals surface area contributed by atoms with Gasteiger partial charge in [-0.3, -0.25) is 4.68 Å². The molecule has 7 nitrogen and oxygen atoms in total. The fourth-order valence-corrected chi connectivity index (χ4v) is 2.97. The number of nitrogens with zero attached hydrogens (tertiary/aromatic N) is 2. The molecule has 1 fully saturated rings. The summed E-state index contributed by atoms with van der Waals surface area (Å²) in [5.74, 6) is 0. The normalized spacial score (nSPS) is 16.4. The first-order chi connectivity index (χ1) is 13.3. The second-order valence-electron chi connectivity index (χ2n) is 6.70. The van der Waals surface area contributed by atoms with Crippen LogP contribution in [0.5, 0.6) is 0 Å². The highest BCUT2D eigenvalue weighted by Crippen LogP contribution is 2.11. The molecule has 1 aromatic carbocycles. The molecule has 0 spiro atoms. The first-order valence-corrected chi connectivity index (χ1v) is 9.56. The van der Waals surface area contributed by atoms with Crippen LogP contribution < -0.4 is 10.6 Å². The van der Waals surface area contributed by atoms with E-state index >= 15 is 0 Å². The van der Waals surface area contributed by atoms with Crippen LogP contribution in [0.25, 0.3) is 0 Å². The van der Waals surface area contributed by atoms with E-state index in [9.17, 15) is 4.79 Å². The molecule has 1 atom stereocenters. The van der Waals surface area contributed by atoms with Gasteiger partial charge in [0.1, 0.15) is 0 Å². The predicted molar refractivity (Wildman–Crippen MR) is 102 cm³/mol. The summed E-state index contributed by atoms with van der Waals surface area (Å²) in [6, 6.07) is 9.98. The maximum Gasteiger partial charge on any atom is 0.315 e. The predicted octanol–water partition coefficient (Wildman–Crippen LogP) is 2.32. The molecule has 1 saturated heterocycles. The number of nitrogens with one attached hydrogen (secondary N) is 2. The van der Waals surface area contributed by atoms with E-state index in [-0.39, 0.29) is 12.1 Å². The molecule has 1 aliphatic heterocycles. The molecule has 27 heavy (non-hydrogen) atoms. The third kappa shape index (κ3) is 7.03. The van der Waals surface area contributed by atoms with Crippen LogP contribution in [0.15, 0.2) is 42.7 Å². The number of aromatic nitrogens is 2. The number of urea groups is 1. The first-order valence-electron chi connectivity index (χ1n) is 9.56. The topological polar surface area (TPSA) is 77.4 Å². The minimum absolute atomic E-state index is 0.176. The van der Waals surface area contributed by atoms with Crippen molar-refractivity contribution in [2.24, 2.45) is 0 Å². The van der Waals surface area contributed by atoms with E-state index in [4.69, 9.17) is 9.47 Å². The Bertz CT molecular complexity index is 684. The van der Waals surface area contributed by atoms with E-state index in [1.807, 2.05) is 29.1 Å². The van der Waals surface area contributed by atoms with E-state index < -0.39 is 0 Å². The highest BCUT2D eigenvalue weighted by atomic mass is 16.5. The lowest BCUT2D eigenvalue weighted by Crippen LogP contribution is -2.35. The first kappa shape index (κ1) is 19.4. The molecule has 2 aromatic rings. The van der Waals surface area contributed by atoms with Crippen LogP contribution in [0, 0.1) is 0 Å². The van der Waals surface area contributed by atoms with E-state index in [1.54, 1.807) is 6.20 Å². The minimum Gasteiger partial charge on any atom is -0.379 e. The van der Waals surface area contributed by atoms with Gasteiger partial charge in [0.2, 0.25) is 0 Å². The van der Waals surface area contributed by atoms with Crippen molar-refractivity contribution in [1.29, 1.82) is 0 Å². The van der Waals surface area contributed by atoms with Gasteiger partial charge in [-0.05, 0) is 24.8 Å². The summed E-state index contributed by atoms with van der Waals surface area (Å²) in [4.78, 5) is 11.8. The monoisotopic (exact) mass is 372 g/mol. The van der Waals surface area contributed by atoms with Crippen molar-refractivity contribution in [1.82, 2.24) is 20.4 Å². The van der Waals surface area contributed by atoms with Crippen molar-refractivity contribution in [3.8, 4) is 0 Å². The van der Waals surface area contributed by atoms with E-state index in [2.05, 4.69) is 27.9 Å². The molecule has 146 valence electrons.